The van der Waals surface area contributed by atoms with Crippen molar-refractivity contribution in [2.75, 3.05) is 5.75 Å². The van der Waals surface area contributed by atoms with Crippen molar-refractivity contribution in [3.63, 3.8) is 0 Å². The highest BCUT2D eigenvalue weighted by Gasteiger charge is 2.19. The second kappa shape index (κ2) is 12.2. The lowest BCUT2D eigenvalue weighted by atomic mass is 9.87. The van der Waals surface area contributed by atoms with Gasteiger partial charge in [-0.15, -0.1) is 10.2 Å². The largest absolute Gasteiger partial charge is 0.506 e. The number of carbonyl (C=O) groups excluding carboxylic acids is 1. The number of nitrogens with one attached hydrogen (secondary N) is 1. The molecular weight excluding hydrogens is 724 g/mol. The van der Waals surface area contributed by atoms with E-state index in [2.05, 4.69) is 111 Å². The molecule has 2 N–H and O–H groups in total. The van der Waals surface area contributed by atoms with E-state index in [1.165, 1.54) is 23.5 Å². The Morgan fingerprint density at radius 3 is 2.42 bits per heavy atom. The van der Waals surface area contributed by atoms with E-state index in [9.17, 15) is 9.90 Å². The highest BCUT2D eigenvalue weighted by Crippen LogP contribution is 2.30. The SMILES string of the molecule is Cc1ccc(-n2c(SCC(=O)N/N=C\c3cc(I)cc(I)c3O)nnc2-c2ccc(C(C)(C)C)cc2)cc1. The molecule has 0 aliphatic heterocycles. The first-order valence-corrected chi connectivity index (χ1v) is 14.9. The Morgan fingerprint density at radius 1 is 1.08 bits per heavy atom. The third-order valence-electron chi connectivity index (χ3n) is 5.72. The second-order valence-electron chi connectivity index (χ2n) is 9.71. The maximum Gasteiger partial charge on any atom is 0.250 e. The molecule has 0 saturated carbocycles. The zero-order valence-corrected chi connectivity index (χ0v) is 26.5. The van der Waals surface area contributed by atoms with Gasteiger partial charge in [-0.25, -0.2) is 5.43 Å². The van der Waals surface area contributed by atoms with E-state index in [1.807, 2.05) is 41.8 Å². The van der Waals surface area contributed by atoms with Crippen LogP contribution in [0, 0.1) is 14.1 Å². The molecule has 0 aliphatic carbocycles. The van der Waals surface area contributed by atoms with E-state index in [-0.39, 0.29) is 22.8 Å². The summed E-state index contributed by atoms with van der Waals surface area (Å²) in [4.78, 5) is 12.6. The quantitative estimate of drug-likeness (QED) is 0.0951. The van der Waals surface area contributed by atoms with Gasteiger partial charge in [0.2, 0.25) is 0 Å². The molecule has 0 fully saturated rings. The fraction of sp³-hybridized carbons (Fsp3) is 0.214. The molecule has 1 heterocycles. The van der Waals surface area contributed by atoms with E-state index in [1.54, 1.807) is 6.07 Å². The first-order valence-electron chi connectivity index (χ1n) is 11.8. The summed E-state index contributed by atoms with van der Waals surface area (Å²) < 4.78 is 3.66. The second-order valence-corrected chi connectivity index (χ2v) is 13.1. The number of aromatic nitrogens is 3. The lowest BCUT2D eigenvalue weighted by molar-refractivity contribution is -0.118. The monoisotopic (exact) mass is 751 g/mol. The minimum Gasteiger partial charge on any atom is -0.506 e. The summed E-state index contributed by atoms with van der Waals surface area (Å²) in [7, 11) is 0. The number of hydrazone groups is 1. The lowest BCUT2D eigenvalue weighted by Gasteiger charge is -2.19. The van der Waals surface area contributed by atoms with Crippen molar-refractivity contribution in [2.45, 2.75) is 38.3 Å². The van der Waals surface area contributed by atoms with Crippen molar-refractivity contribution in [2.24, 2.45) is 5.10 Å². The smallest absolute Gasteiger partial charge is 0.250 e. The number of amides is 1. The normalized spacial score (nSPS) is 11.7. The van der Waals surface area contributed by atoms with Crippen LogP contribution in [0.1, 0.15) is 37.5 Å². The maximum absolute atomic E-state index is 12.6. The summed E-state index contributed by atoms with van der Waals surface area (Å²) >= 11 is 5.51. The number of phenolic OH excluding ortho intramolecular Hbond substituents is 1. The molecule has 0 bridgehead atoms. The molecule has 1 aromatic heterocycles. The van der Waals surface area contributed by atoms with Crippen molar-refractivity contribution < 1.29 is 9.90 Å². The molecule has 1 amide bonds. The first kappa shape index (κ1) is 28.6. The van der Waals surface area contributed by atoms with Crippen molar-refractivity contribution in [1.29, 1.82) is 0 Å². The average Bonchev–Trinajstić information content (AvgIpc) is 3.29. The first-order chi connectivity index (χ1) is 18.0. The standard InChI is InChI=1S/C28H27I2N5O2S/c1-17-5-11-22(12-6-17)35-26(18-7-9-20(10-8-18)28(2,3)4)33-34-27(35)38-16-24(36)32-31-15-19-13-21(29)14-23(30)25(19)37/h5-15,37H,16H2,1-4H3,(H,32,36)/b31-15-. The van der Waals surface area contributed by atoms with Crippen LogP contribution in [-0.4, -0.2) is 37.7 Å². The Hall–Kier alpha value is -2.45. The fourth-order valence-corrected chi connectivity index (χ4v) is 6.25. The van der Waals surface area contributed by atoms with E-state index < -0.39 is 0 Å². The lowest BCUT2D eigenvalue weighted by Crippen LogP contribution is -2.20. The number of benzene rings is 3. The Morgan fingerprint density at radius 2 is 1.76 bits per heavy atom. The highest BCUT2D eigenvalue weighted by atomic mass is 127. The number of carbonyl (C=O) groups is 1. The molecule has 4 aromatic rings. The summed E-state index contributed by atoms with van der Waals surface area (Å²) in [5, 5.41) is 23.7. The van der Waals surface area contributed by atoms with Crippen molar-refractivity contribution in [3.05, 3.63) is 84.5 Å². The Bertz CT molecular complexity index is 1480. The van der Waals surface area contributed by atoms with Gasteiger partial charge in [0.05, 0.1) is 15.5 Å². The molecular formula is C28H27I2N5O2S. The summed E-state index contributed by atoms with van der Waals surface area (Å²) in [5.74, 6) is 0.646. The van der Waals surface area contributed by atoms with Crippen LogP contribution in [-0.2, 0) is 10.2 Å². The van der Waals surface area contributed by atoms with Crippen LogP contribution in [0.5, 0.6) is 5.75 Å². The van der Waals surface area contributed by atoms with Crippen LogP contribution in [0.15, 0.2) is 70.9 Å². The van der Waals surface area contributed by atoms with Gasteiger partial charge in [-0.2, -0.15) is 5.10 Å². The van der Waals surface area contributed by atoms with Gasteiger partial charge in [-0.1, -0.05) is 74.5 Å². The Labute approximate surface area is 253 Å². The van der Waals surface area contributed by atoms with Gasteiger partial charge in [0.25, 0.3) is 5.91 Å². The van der Waals surface area contributed by atoms with Gasteiger partial charge < -0.3 is 5.11 Å². The molecule has 7 nitrogen and oxygen atoms in total. The maximum atomic E-state index is 12.6. The predicted molar refractivity (Wildman–Crippen MR) is 170 cm³/mol. The van der Waals surface area contributed by atoms with Gasteiger partial charge >= 0.3 is 0 Å². The number of hydrogen-bond acceptors (Lipinski definition) is 6. The van der Waals surface area contributed by atoms with Crippen LogP contribution in [0.4, 0.5) is 0 Å². The van der Waals surface area contributed by atoms with Crippen LogP contribution < -0.4 is 5.43 Å². The minimum atomic E-state index is -0.291. The van der Waals surface area contributed by atoms with Gasteiger partial charge in [0.1, 0.15) is 5.75 Å². The number of aromatic hydroxyl groups is 1. The predicted octanol–water partition coefficient (Wildman–Crippen LogP) is 6.70. The summed E-state index contributed by atoms with van der Waals surface area (Å²) in [5.41, 5.74) is 7.37. The van der Waals surface area contributed by atoms with Crippen LogP contribution >= 0.6 is 56.9 Å². The van der Waals surface area contributed by atoms with E-state index in [0.717, 1.165) is 24.0 Å². The molecule has 196 valence electrons. The zero-order chi connectivity index (χ0) is 27.4. The molecule has 0 unspecified atom stereocenters. The molecule has 0 saturated heterocycles. The van der Waals surface area contributed by atoms with E-state index >= 15 is 0 Å². The van der Waals surface area contributed by atoms with Gasteiger partial charge in [0.15, 0.2) is 11.0 Å². The molecule has 0 aliphatic rings. The number of thioether (sulfide) groups is 1. The third-order valence-corrected chi connectivity index (χ3v) is 8.09. The molecule has 10 heteroatoms. The third kappa shape index (κ3) is 6.94. The Kier molecular flexibility index (Phi) is 9.14. The number of halogens is 2. The molecule has 0 radical (unpaired) electrons. The van der Waals surface area contributed by atoms with E-state index in [4.69, 9.17) is 0 Å². The highest BCUT2D eigenvalue weighted by molar-refractivity contribution is 14.1. The summed E-state index contributed by atoms with van der Waals surface area (Å²) in [6.45, 7) is 8.60. The minimum absolute atomic E-state index is 0.0518. The number of hydrogen-bond donors (Lipinski definition) is 2. The number of phenols is 1. The van der Waals surface area contributed by atoms with E-state index in [0.29, 0.717) is 16.5 Å². The van der Waals surface area contributed by atoms with Gasteiger partial charge in [-0.05, 0) is 87.3 Å². The Balaban J connectivity index is 1.54. The average molecular weight is 751 g/mol. The van der Waals surface area contributed by atoms with Gasteiger partial charge in [-0.3, -0.25) is 9.36 Å². The molecule has 0 atom stereocenters. The zero-order valence-electron chi connectivity index (χ0n) is 21.4. The fourth-order valence-electron chi connectivity index (χ4n) is 3.62. The summed E-state index contributed by atoms with van der Waals surface area (Å²) in [6, 6.07) is 20.1. The molecule has 3 aromatic carbocycles. The summed E-state index contributed by atoms with van der Waals surface area (Å²) in [6.07, 6.45) is 1.44. The molecule has 0 spiro atoms. The topological polar surface area (TPSA) is 92.4 Å². The van der Waals surface area contributed by atoms with Gasteiger partial charge in [0, 0.05) is 20.4 Å². The van der Waals surface area contributed by atoms with Crippen LogP contribution in [0.2, 0.25) is 0 Å². The van der Waals surface area contributed by atoms with Crippen LogP contribution in [0.3, 0.4) is 0 Å². The van der Waals surface area contributed by atoms with Crippen molar-refractivity contribution in [1.82, 2.24) is 20.2 Å². The van der Waals surface area contributed by atoms with Crippen molar-refractivity contribution in [3.8, 4) is 22.8 Å². The van der Waals surface area contributed by atoms with Crippen molar-refractivity contribution >= 4 is 69.1 Å². The number of rotatable bonds is 7. The number of nitrogens with zero attached hydrogens (tertiary/aromatic N) is 4. The molecule has 38 heavy (non-hydrogen) atoms. The van der Waals surface area contributed by atoms with Crippen LogP contribution in [0.25, 0.3) is 17.1 Å². The molecule has 4 rings (SSSR count). The number of aryl methyl sites for hydroxylation is 1.